The zero-order chi connectivity index (χ0) is 15.2. The maximum absolute atomic E-state index is 12.7. The van der Waals surface area contributed by atoms with Crippen molar-refractivity contribution in [3.05, 3.63) is 34.3 Å². The van der Waals surface area contributed by atoms with E-state index in [4.69, 9.17) is 0 Å². The van der Waals surface area contributed by atoms with Crippen LogP contribution in [0.4, 0.5) is 0 Å². The Morgan fingerprint density at radius 3 is 2.64 bits per heavy atom. The van der Waals surface area contributed by atoms with E-state index in [9.17, 15) is 4.79 Å². The minimum Gasteiger partial charge on any atom is -0.342 e. The molecule has 1 aliphatic rings. The van der Waals surface area contributed by atoms with Crippen LogP contribution in [0.25, 0.3) is 0 Å². The van der Waals surface area contributed by atoms with Gasteiger partial charge >= 0.3 is 0 Å². The predicted molar refractivity (Wildman–Crippen MR) is 97.5 cm³/mol. The van der Waals surface area contributed by atoms with E-state index in [-0.39, 0.29) is 18.3 Å². The zero-order valence-electron chi connectivity index (χ0n) is 13.3. The molecule has 0 spiro atoms. The monoisotopic (exact) mass is 388 g/mol. The number of carbonyl (C=O) groups excluding carboxylic acids is 1. The second-order valence-electron chi connectivity index (χ2n) is 5.83. The largest absolute Gasteiger partial charge is 0.342 e. The summed E-state index contributed by atoms with van der Waals surface area (Å²) in [6.07, 6.45) is 3.86. The Balaban J connectivity index is 0.00000242. The van der Waals surface area contributed by atoms with Crippen molar-refractivity contribution in [2.75, 3.05) is 20.1 Å². The summed E-state index contributed by atoms with van der Waals surface area (Å²) in [5, 5.41) is 3.31. The summed E-state index contributed by atoms with van der Waals surface area (Å²) in [5.41, 5.74) is 1.23. The van der Waals surface area contributed by atoms with Crippen LogP contribution in [0.15, 0.2) is 28.7 Å². The summed E-state index contributed by atoms with van der Waals surface area (Å²) in [5.74, 6) is 0.428. The van der Waals surface area contributed by atoms with Crippen molar-refractivity contribution < 1.29 is 4.79 Å². The van der Waals surface area contributed by atoms with Gasteiger partial charge in [0, 0.05) is 29.5 Å². The van der Waals surface area contributed by atoms with Crippen LogP contribution in [0.1, 0.15) is 31.7 Å². The van der Waals surface area contributed by atoms with Crippen molar-refractivity contribution in [3.8, 4) is 0 Å². The van der Waals surface area contributed by atoms with Gasteiger partial charge in [-0.1, -0.05) is 35.0 Å². The number of nitrogens with zero attached hydrogens (tertiary/aromatic N) is 1. The topological polar surface area (TPSA) is 32.3 Å². The first-order valence-electron chi connectivity index (χ1n) is 7.84. The van der Waals surface area contributed by atoms with Crippen LogP contribution in [0, 0.1) is 5.92 Å². The number of carbonyl (C=O) groups is 1. The van der Waals surface area contributed by atoms with Crippen LogP contribution < -0.4 is 5.32 Å². The van der Waals surface area contributed by atoms with Crippen LogP contribution >= 0.6 is 28.3 Å². The fourth-order valence-electron chi connectivity index (χ4n) is 3.00. The molecule has 0 aromatic heterocycles. The third kappa shape index (κ3) is 5.25. The number of nitrogens with one attached hydrogen (secondary N) is 1. The number of likely N-dealkylation sites (tertiary alicyclic amines) is 1. The van der Waals surface area contributed by atoms with Gasteiger partial charge < -0.3 is 10.2 Å². The van der Waals surface area contributed by atoms with Crippen LogP contribution in [-0.2, 0) is 11.2 Å². The molecule has 0 radical (unpaired) electrons. The average Bonchev–Trinajstić information content (AvgIpc) is 2.52. The summed E-state index contributed by atoms with van der Waals surface area (Å²) < 4.78 is 1.08. The van der Waals surface area contributed by atoms with Crippen molar-refractivity contribution in [2.45, 2.75) is 38.6 Å². The highest BCUT2D eigenvalue weighted by atomic mass is 79.9. The molecule has 1 atom stereocenters. The van der Waals surface area contributed by atoms with Gasteiger partial charge in [-0.3, -0.25) is 4.79 Å². The van der Waals surface area contributed by atoms with E-state index in [2.05, 4.69) is 45.2 Å². The summed E-state index contributed by atoms with van der Waals surface area (Å²) in [4.78, 5) is 14.8. The molecule has 1 heterocycles. The maximum Gasteiger partial charge on any atom is 0.226 e. The Morgan fingerprint density at radius 2 is 2.09 bits per heavy atom. The first-order valence-corrected chi connectivity index (χ1v) is 8.63. The summed E-state index contributed by atoms with van der Waals surface area (Å²) >= 11 is 3.50. The molecule has 1 aromatic rings. The Kier molecular flexibility index (Phi) is 8.44. The molecule has 5 heteroatoms. The standard InChI is InChI=1S/C17H25BrN2O.ClH/c1-3-14(11-13-5-4-6-15(18)12-13)17(21)20-9-7-16(19-2)8-10-20;/h4-6,12,14,16,19H,3,7-11H2,1-2H3;1H. The van der Waals surface area contributed by atoms with Gasteiger partial charge in [0.15, 0.2) is 0 Å². The first kappa shape index (κ1) is 19.5. The Labute approximate surface area is 148 Å². The fourth-order valence-corrected chi connectivity index (χ4v) is 3.45. The first-order chi connectivity index (χ1) is 10.1. The van der Waals surface area contributed by atoms with Gasteiger partial charge in [-0.05, 0) is 50.4 Å². The highest BCUT2D eigenvalue weighted by molar-refractivity contribution is 9.10. The van der Waals surface area contributed by atoms with E-state index >= 15 is 0 Å². The molecule has 0 aliphatic carbocycles. The molecule has 1 fully saturated rings. The lowest BCUT2D eigenvalue weighted by atomic mass is 9.94. The third-order valence-corrected chi connectivity index (χ3v) is 4.92. The molecule has 3 nitrogen and oxygen atoms in total. The molecule has 1 amide bonds. The van der Waals surface area contributed by atoms with Gasteiger partial charge in [0.2, 0.25) is 5.91 Å². The van der Waals surface area contributed by atoms with E-state index in [1.807, 2.05) is 19.2 Å². The summed E-state index contributed by atoms with van der Waals surface area (Å²) in [6, 6.07) is 8.85. The Morgan fingerprint density at radius 1 is 1.41 bits per heavy atom. The van der Waals surface area contributed by atoms with Crippen LogP contribution in [0.2, 0.25) is 0 Å². The molecule has 2 rings (SSSR count). The normalized spacial score (nSPS) is 17.0. The van der Waals surface area contributed by atoms with Crippen molar-refractivity contribution in [3.63, 3.8) is 0 Å². The second kappa shape index (κ2) is 9.53. The lowest BCUT2D eigenvalue weighted by Gasteiger charge is -2.34. The maximum atomic E-state index is 12.7. The van der Waals surface area contributed by atoms with Crippen LogP contribution in [0.5, 0.6) is 0 Å². The van der Waals surface area contributed by atoms with Crippen LogP contribution in [0.3, 0.4) is 0 Å². The Hall–Kier alpha value is -0.580. The fraction of sp³-hybridized carbons (Fsp3) is 0.588. The number of piperidine rings is 1. The number of benzene rings is 1. The number of hydrogen-bond donors (Lipinski definition) is 1. The van der Waals surface area contributed by atoms with Gasteiger partial charge in [-0.15, -0.1) is 12.4 Å². The number of hydrogen-bond acceptors (Lipinski definition) is 2. The smallest absolute Gasteiger partial charge is 0.226 e. The molecular formula is C17H26BrClN2O. The van der Waals surface area contributed by atoms with Crippen molar-refractivity contribution in [1.82, 2.24) is 10.2 Å². The molecule has 22 heavy (non-hydrogen) atoms. The predicted octanol–water partition coefficient (Wildman–Crippen LogP) is 3.65. The highest BCUT2D eigenvalue weighted by Gasteiger charge is 2.26. The summed E-state index contributed by atoms with van der Waals surface area (Å²) in [7, 11) is 2.00. The van der Waals surface area contributed by atoms with E-state index < -0.39 is 0 Å². The SMILES string of the molecule is CCC(Cc1cccc(Br)c1)C(=O)N1CCC(NC)CC1.Cl. The molecule has 1 N–H and O–H groups in total. The van der Waals surface area contributed by atoms with Crippen molar-refractivity contribution in [1.29, 1.82) is 0 Å². The zero-order valence-corrected chi connectivity index (χ0v) is 15.8. The van der Waals surface area contributed by atoms with E-state index in [1.165, 1.54) is 5.56 Å². The number of amides is 1. The quantitative estimate of drug-likeness (QED) is 0.833. The molecule has 0 bridgehead atoms. The van der Waals surface area contributed by atoms with Crippen LogP contribution in [-0.4, -0.2) is 37.0 Å². The van der Waals surface area contributed by atoms with Gasteiger partial charge in [0.05, 0.1) is 0 Å². The molecule has 1 saturated heterocycles. The molecular weight excluding hydrogens is 364 g/mol. The van der Waals surface area contributed by atoms with Crippen molar-refractivity contribution >= 4 is 34.2 Å². The second-order valence-corrected chi connectivity index (χ2v) is 6.74. The molecule has 1 aromatic carbocycles. The van der Waals surface area contributed by atoms with Gasteiger partial charge in [0.1, 0.15) is 0 Å². The van der Waals surface area contributed by atoms with Gasteiger partial charge in [-0.25, -0.2) is 0 Å². The molecule has 0 saturated carbocycles. The van der Waals surface area contributed by atoms with Gasteiger partial charge in [0.25, 0.3) is 0 Å². The van der Waals surface area contributed by atoms with E-state index in [0.29, 0.717) is 11.9 Å². The van der Waals surface area contributed by atoms with Gasteiger partial charge in [-0.2, -0.15) is 0 Å². The molecule has 1 unspecified atom stereocenters. The highest BCUT2D eigenvalue weighted by Crippen LogP contribution is 2.20. The third-order valence-electron chi connectivity index (χ3n) is 4.43. The lowest BCUT2D eigenvalue weighted by Crippen LogP contribution is -2.46. The lowest BCUT2D eigenvalue weighted by molar-refractivity contribution is -0.136. The minimum absolute atomic E-state index is 0. The van der Waals surface area contributed by atoms with Crippen molar-refractivity contribution in [2.24, 2.45) is 5.92 Å². The van der Waals surface area contributed by atoms with E-state index in [0.717, 1.165) is 43.2 Å². The number of rotatable bonds is 5. The van der Waals surface area contributed by atoms with E-state index in [1.54, 1.807) is 0 Å². The summed E-state index contributed by atoms with van der Waals surface area (Å²) in [6.45, 7) is 3.89. The molecule has 1 aliphatic heterocycles. The molecule has 124 valence electrons. The number of halogens is 2. The average molecular weight is 390 g/mol. The minimum atomic E-state index is 0. The Bertz CT molecular complexity index is 475.